The van der Waals surface area contributed by atoms with Crippen LogP contribution in [0.5, 0.6) is 11.5 Å². The summed E-state index contributed by atoms with van der Waals surface area (Å²) in [7, 11) is 3.17. The molecule has 0 fully saturated rings. The lowest BCUT2D eigenvalue weighted by Gasteiger charge is -2.08. The third kappa shape index (κ3) is 2.53. The summed E-state index contributed by atoms with van der Waals surface area (Å²) in [5.74, 6) is 1.17. The van der Waals surface area contributed by atoms with Crippen LogP contribution in [0.1, 0.15) is 11.1 Å². The molecule has 0 unspecified atom stereocenters. The first kappa shape index (κ1) is 14.5. The van der Waals surface area contributed by atoms with Crippen LogP contribution < -0.4 is 14.8 Å². The van der Waals surface area contributed by atoms with E-state index in [0.717, 1.165) is 16.8 Å². The van der Waals surface area contributed by atoms with E-state index >= 15 is 0 Å². The van der Waals surface area contributed by atoms with Crippen LogP contribution in [0.3, 0.4) is 0 Å². The lowest BCUT2D eigenvalue weighted by Crippen LogP contribution is -2.03. The molecule has 112 valence electrons. The van der Waals surface area contributed by atoms with E-state index in [0.29, 0.717) is 22.1 Å². The van der Waals surface area contributed by atoms with Crippen LogP contribution in [0, 0.1) is 0 Å². The molecular formula is C17H14ClNO3. The molecule has 0 radical (unpaired) electrons. The van der Waals surface area contributed by atoms with Crippen molar-refractivity contribution in [2.24, 2.45) is 0 Å². The molecule has 0 aromatic heterocycles. The molecule has 5 heteroatoms. The molecule has 1 amide bonds. The van der Waals surface area contributed by atoms with Gasteiger partial charge in [-0.2, -0.15) is 0 Å². The summed E-state index contributed by atoms with van der Waals surface area (Å²) in [4.78, 5) is 12.2. The number of halogens is 1. The van der Waals surface area contributed by atoms with Gasteiger partial charge in [0.1, 0.15) is 11.5 Å². The molecule has 1 N–H and O–H groups in total. The van der Waals surface area contributed by atoms with Crippen LogP contribution in [0.2, 0.25) is 5.02 Å². The van der Waals surface area contributed by atoms with Gasteiger partial charge in [-0.25, -0.2) is 0 Å². The fraction of sp³-hybridized carbons (Fsp3) is 0.118. The molecule has 1 aliphatic rings. The Hall–Kier alpha value is -2.46. The number of rotatable bonds is 3. The maximum absolute atomic E-state index is 12.2. The van der Waals surface area contributed by atoms with E-state index in [4.69, 9.17) is 21.1 Å². The normalized spacial score (nSPS) is 14.7. The molecule has 0 saturated carbocycles. The predicted octanol–water partition coefficient (Wildman–Crippen LogP) is 3.85. The van der Waals surface area contributed by atoms with E-state index in [1.54, 1.807) is 44.6 Å². The van der Waals surface area contributed by atoms with Crippen molar-refractivity contribution < 1.29 is 14.3 Å². The zero-order valence-electron chi connectivity index (χ0n) is 12.1. The largest absolute Gasteiger partial charge is 0.497 e. The van der Waals surface area contributed by atoms with E-state index in [1.807, 2.05) is 12.1 Å². The van der Waals surface area contributed by atoms with Crippen molar-refractivity contribution in [1.29, 1.82) is 0 Å². The molecule has 4 nitrogen and oxygen atoms in total. The molecule has 0 spiro atoms. The van der Waals surface area contributed by atoms with Crippen molar-refractivity contribution in [3.63, 3.8) is 0 Å². The van der Waals surface area contributed by atoms with Crippen molar-refractivity contribution in [2.75, 3.05) is 19.5 Å². The second kappa shape index (κ2) is 5.73. The summed E-state index contributed by atoms with van der Waals surface area (Å²) in [6.07, 6.45) is 1.79. The smallest absolute Gasteiger partial charge is 0.256 e. The summed E-state index contributed by atoms with van der Waals surface area (Å²) in [5, 5.41) is 3.41. The van der Waals surface area contributed by atoms with E-state index in [1.165, 1.54) is 0 Å². The second-order valence-electron chi connectivity index (χ2n) is 4.81. The molecule has 2 aromatic carbocycles. The van der Waals surface area contributed by atoms with Crippen molar-refractivity contribution in [1.82, 2.24) is 0 Å². The molecule has 0 atom stereocenters. The maximum atomic E-state index is 12.2. The van der Waals surface area contributed by atoms with Crippen LogP contribution >= 0.6 is 11.6 Å². The number of benzene rings is 2. The van der Waals surface area contributed by atoms with Crippen molar-refractivity contribution in [3.05, 3.63) is 52.5 Å². The average molecular weight is 316 g/mol. The number of ether oxygens (including phenoxy) is 2. The van der Waals surface area contributed by atoms with Gasteiger partial charge in [0.05, 0.1) is 14.2 Å². The average Bonchev–Trinajstić information content (AvgIpc) is 2.83. The van der Waals surface area contributed by atoms with E-state index in [-0.39, 0.29) is 5.91 Å². The van der Waals surface area contributed by atoms with Gasteiger partial charge in [-0.1, -0.05) is 11.6 Å². The monoisotopic (exact) mass is 315 g/mol. The van der Waals surface area contributed by atoms with Crippen molar-refractivity contribution in [3.8, 4) is 11.5 Å². The number of nitrogens with one attached hydrogen (secondary N) is 1. The van der Waals surface area contributed by atoms with Gasteiger partial charge in [-0.3, -0.25) is 4.79 Å². The number of hydrogen-bond donors (Lipinski definition) is 1. The van der Waals surface area contributed by atoms with E-state index in [2.05, 4.69) is 5.32 Å². The quantitative estimate of drug-likeness (QED) is 0.875. The first-order valence-electron chi connectivity index (χ1n) is 6.67. The number of methoxy groups -OCH3 is 2. The Balaban J connectivity index is 2.10. The van der Waals surface area contributed by atoms with Gasteiger partial charge in [-0.05, 0) is 36.4 Å². The molecular weight excluding hydrogens is 302 g/mol. The minimum atomic E-state index is -0.157. The van der Waals surface area contributed by atoms with Gasteiger partial charge in [0.25, 0.3) is 5.91 Å². The van der Waals surface area contributed by atoms with Crippen LogP contribution in [0.4, 0.5) is 5.69 Å². The third-order valence-electron chi connectivity index (χ3n) is 3.51. The summed E-state index contributed by atoms with van der Waals surface area (Å²) in [6, 6.07) is 10.8. The first-order valence-corrected chi connectivity index (χ1v) is 7.05. The van der Waals surface area contributed by atoms with Gasteiger partial charge >= 0.3 is 0 Å². The second-order valence-corrected chi connectivity index (χ2v) is 5.25. The van der Waals surface area contributed by atoms with Crippen LogP contribution in [-0.4, -0.2) is 20.1 Å². The number of anilines is 1. The molecule has 0 bridgehead atoms. The number of fused-ring (bicyclic) bond motifs is 1. The third-order valence-corrected chi connectivity index (χ3v) is 3.74. The zero-order chi connectivity index (χ0) is 15.7. The molecule has 0 saturated heterocycles. The minimum Gasteiger partial charge on any atom is -0.497 e. The SMILES string of the molecule is COc1ccc(C=C2C(=O)Nc3ccc(Cl)cc32)c(OC)c1. The lowest BCUT2D eigenvalue weighted by atomic mass is 10.0. The fourth-order valence-electron chi connectivity index (χ4n) is 2.40. The van der Waals surface area contributed by atoms with Crippen LogP contribution in [0.15, 0.2) is 36.4 Å². The Kier molecular flexibility index (Phi) is 3.77. The number of hydrogen-bond acceptors (Lipinski definition) is 3. The summed E-state index contributed by atoms with van der Waals surface area (Å²) >= 11 is 6.03. The highest BCUT2D eigenvalue weighted by Gasteiger charge is 2.24. The highest BCUT2D eigenvalue weighted by Crippen LogP contribution is 2.36. The fourth-order valence-corrected chi connectivity index (χ4v) is 2.57. The Morgan fingerprint density at radius 2 is 1.91 bits per heavy atom. The number of amides is 1. The Morgan fingerprint density at radius 1 is 1.09 bits per heavy atom. The van der Waals surface area contributed by atoms with Crippen molar-refractivity contribution in [2.45, 2.75) is 0 Å². The van der Waals surface area contributed by atoms with Gasteiger partial charge < -0.3 is 14.8 Å². The highest BCUT2D eigenvalue weighted by molar-refractivity contribution is 6.36. The van der Waals surface area contributed by atoms with Gasteiger partial charge in [-0.15, -0.1) is 0 Å². The molecule has 22 heavy (non-hydrogen) atoms. The van der Waals surface area contributed by atoms with Crippen LogP contribution in [0.25, 0.3) is 11.6 Å². The molecule has 1 aliphatic heterocycles. The lowest BCUT2D eigenvalue weighted by molar-refractivity contribution is -0.110. The Labute approximate surface area is 133 Å². The molecule has 3 rings (SSSR count). The number of carbonyl (C=O) groups is 1. The van der Waals surface area contributed by atoms with Gasteiger partial charge in [0, 0.05) is 33.5 Å². The van der Waals surface area contributed by atoms with Gasteiger partial charge in [0.2, 0.25) is 0 Å². The zero-order valence-corrected chi connectivity index (χ0v) is 12.9. The minimum absolute atomic E-state index is 0.157. The van der Waals surface area contributed by atoms with E-state index < -0.39 is 0 Å². The van der Waals surface area contributed by atoms with E-state index in [9.17, 15) is 4.79 Å². The topological polar surface area (TPSA) is 47.6 Å². The standard InChI is InChI=1S/C17H14ClNO3/c1-21-12-5-3-10(16(9-12)22-2)7-14-13-8-11(18)4-6-15(13)19-17(14)20/h3-9H,1-2H3,(H,19,20). The Morgan fingerprint density at radius 3 is 2.64 bits per heavy atom. The summed E-state index contributed by atoms with van der Waals surface area (Å²) in [5.41, 5.74) is 2.89. The molecule has 1 heterocycles. The summed E-state index contributed by atoms with van der Waals surface area (Å²) < 4.78 is 10.5. The molecule has 2 aromatic rings. The predicted molar refractivity (Wildman–Crippen MR) is 87.5 cm³/mol. The van der Waals surface area contributed by atoms with Crippen LogP contribution in [-0.2, 0) is 4.79 Å². The molecule has 0 aliphatic carbocycles. The van der Waals surface area contributed by atoms with Crippen molar-refractivity contribution >= 4 is 34.8 Å². The number of carbonyl (C=O) groups excluding carboxylic acids is 1. The van der Waals surface area contributed by atoms with Gasteiger partial charge in [0.15, 0.2) is 0 Å². The maximum Gasteiger partial charge on any atom is 0.256 e. The first-order chi connectivity index (χ1) is 10.6. The Bertz CT molecular complexity index is 783. The summed E-state index contributed by atoms with van der Waals surface area (Å²) in [6.45, 7) is 0. The highest BCUT2D eigenvalue weighted by atomic mass is 35.5.